The van der Waals surface area contributed by atoms with Gasteiger partial charge in [-0.1, -0.05) is 0 Å². The lowest BCUT2D eigenvalue weighted by molar-refractivity contribution is 0.252. The summed E-state index contributed by atoms with van der Waals surface area (Å²) in [5.74, 6) is 1.25. The van der Waals surface area contributed by atoms with Crippen LogP contribution in [0.2, 0.25) is 0 Å². The number of nitrogens with one attached hydrogen (secondary N) is 3. The minimum absolute atomic E-state index is 0.205. The minimum Gasteiger partial charge on any atom is -0.355 e. The third-order valence-corrected chi connectivity index (χ3v) is 3.45. The first-order chi connectivity index (χ1) is 10.2. The standard InChI is InChI=1S/C13H19N7O/c1-2-15-13(21)19-12-16-9-3-4-10(17-11(9)18-12)20-6-5-8(14)7-20/h3-4,8H,2,5-7,14H2,1H3,(H3,15,16,17,18,19,21). The number of carbonyl (C=O) groups excluding carboxylic acids is 1. The maximum absolute atomic E-state index is 11.5. The van der Waals surface area contributed by atoms with Crippen molar-refractivity contribution in [1.82, 2.24) is 20.3 Å². The number of aromatic nitrogens is 3. The Morgan fingerprint density at radius 2 is 2.38 bits per heavy atom. The van der Waals surface area contributed by atoms with E-state index in [1.165, 1.54) is 0 Å². The number of nitrogens with zero attached hydrogens (tertiary/aromatic N) is 3. The molecule has 3 rings (SSSR count). The normalized spacial score (nSPS) is 18.2. The Kier molecular flexibility index (Phi) is 3.61. The molecule has 1 aliphatic rings. The molecule has 0 saturated carbocycles. The van der Waals surface area contributed by atoms with Gasteiger partial charge in [0.15, 0.2) is 5.65 Å². The summed E-state index contributed by atoms with van der Waals surface area (Å²) in [5.41, 5.74) is 7.29. The van der Waals surface area contributed by atoms with E-state index in [4.69, 9.17) is 5.73 Å². The third-order valence-electron chi connectivity index (χ3n) is 3.45. The molecular formula is C13H19N7O. The molecule has 1 saturated heterocycles. The van der Waals surface area contributed by atoms with E-state index in [1.807, 2.05) is 19.1 Å². The van der Waals surface area contributed by atoms with Crippen molar-refractivity contribution in [2.45, 2.75) is 19.4 Å². The topological polar surface area (TPSA) is 112 Å². The molecule has 2 aromatic heterocycles. The Labute approximate surface area is 122 Å². The average molecular weight is 289 g/mol. The molecule has 0 aromatic carbocycles. The molecule has 0 radical (unpaired) electrons. The summed E-state index contributed by atoms with van der Waals surface area (Å²) in [4.78, 5) is 25.5. The van der Waals surface area contributed by atoms with Crippen LogP contribution in [0.4, 0.5) is 16.6 Å². The number of hydrogen-bond acceptors (Lipinski definition) is 5. The maximum Gasteiger partial charge on any atom is 0.321 e. The van der Waals surface area contributed by atoms with Crippen molar-refractivity contribution in [3.63, 3.8) is 0 Å². The van der Waals surface area contributed by atoms with Crippen LogP contribution >= 0.6 is 0 Å². The number of anilines is 2. The highest BCUT2D eigenvalue weighted by Crippen LogP contribution is 2.21. The fourth-order valence-electron chi connectivity index (χ4n) is 2.43. The number of fused-ring (bicyclic) bond motifs is 1. The van der Waals surface area contributed by atoms with Crippen molar-refractivity contribution in [3.8, 4) is 0 Å². The Bertz CT molecular complexity index is 653. The Morgan fingerprint density at radius 1 is 1.52 bits per heavy atom. The zero-order valence-corrected chi connectivity index (χ0v) is 11.9. The second-order valence-corrected chi connectivity index (χ2v) is 5.11. The predicted molar refractivity (Wildman–Crippen MR) is 81.4 cm³/mol. The second kappa shape index (κ2) is 5.57. The zero-order valence-electron chi connectivity index (χ0n) is 11.9. The minimum atomic E-state index is -0.290. The van der Waals surface area contributed by atoms with Gasteiger partial charge < -0.3 is 20.9 Å². The van der Waals surface area contributed by atoms with E-state index in [1.54, 1.807) is 0 Å². The Morgan fingerprint density at radius 3 is 3.10 bits per heavy atom. The largest absolute Gasteiger partial charge is 0.355 e. The zero-order chi connectivity index (χ0) is 14.8. The van der Waals surface area contributed by atoms with E-state index < -0.39 is 0 Å². The summed E-state index contributed by atoms with van der Waals surface area (Å²) in [7, 11) is 0. The van der Waals surface area contributed by atoms with Crippen LogP contribution in [-0.4, -0.2) is 46.7 Å². The van der Waals surface area contributed by atoms with E-state index in [9.17, 15) is 4.79 Å². The highest BCUT2D eigenvalue weighted by Gasteiger charge is 2.20. The van der Waals surface area contributed by atoms with Crippen LogP contribution in [0.5, 0.6) is 0 Å². The molecule has 3 heterocycles. The number of hydrogen-bond donors (Lipinski definition) is 4. The van der Waals surface area contributed by atoms with E-state index in [0.29, 0.717) is 18.1 Å². The van der Waals surface area contributed by atoms with Gasteiger partial charge >= 0.3 is 6.03 Å². The first-order valence-electron chi connectivity index (χ1n) is 7.08. The van der Waals surface area contributed by atoms with Crippen molar-refractivity contribution < 1.29 is 4.79 Å². The van der Waals surface area contributed by atoms with Crippen LogP contribution in [-0.2, 0) is 0 Å². The van der Waals surface area contributed by atoms with Crippen molar-refractivity contribution in [2.75, 3.05) is 29.9 Å². The summed E-state index contributed by atoms with van der Waals surface area (Å²) >= 11 is 0. The lowest BCUT2D eigenvalue weighted by atomic mass is 10.3. The quantitative estimate of drug-likeness (QED) is 0.662. The number of nitrogens with two attached hydrogens (primary N) is 1. The van der Waals surface area contributed by atoms with Crippen molar-refractivity contribution in [2.24, 2.45) is 5.73 Å². The van der Waals surface area contributed by atoms with Crippen LogP contribution in [0.15, 0.2) is 12.1 Å². The van der Waals surface area contributed by atoms with Gasteiger partial charge in [0.2, 0.25) is 5.95 Å². The molecule has 2 amide bonds. The number of rotatable bonds is 3. The summed E-state index contributed by atoms with van der Waals surface area (Å²) in [6.45, 7) is 4.14. The van der Waals surface area contributed by atoms with Crippen LogP contribution in [0.3, 0.4) is 0 Å². The van der Waals surface area contributed by atoms with Crippen LogP contribution in [0, 0.1) is 0 Å². The van der Waals surface area contributed by atoms with Gasteiger partial charge in [0, 0.05) is 25.7 Å². The molecule has 1 unspecified atom stereocenters. The molecule has 2 aromatic rings. The molecular weight excluding hydrogens is 270 g/mol. The molecule has 112 valence electrons. The van der Waals surface area contributed by atoms with Gasteiger partial charge in [-0.2, -0.15) is 4.98 Å². The van der Waals surface area contributed by atoms with Crippen LogP contribution in [0.1, 0.15) is 13.3 Å². The fourth-order valence-corrected chi connectivity index (χ4v) is 2.43. The summed E-state index contributed by atoms with van der Waals surface area (Å²) in [5, 5.41) is 5.28. The SMILES string of the molecule is CCNC(=O)Nc1nc2nc(N3CCC(N)C3)ccc2[nH]1. The van der Waals surface area contributed by atoms with Gasteiger partial charge in [0.05, 0.1) is 5.52 Å². The van der Waals surface area contributed by atoms with Gasteiger partial charge in [0.1, 0.15) is 5.82 Å². The fraction of sp³-hybridized carbons (Fsp3) is 0.462. The number of urea groups is 1. The van der Waals surface area contributed by atoms with Gasteiger partial charge in [0.25, 0.3) is 0 Å². The summed E-state index contributed by atoms with van der Waals surface area (Å²) in [6, 6.07) is 3.77. The Balaban J connectivity index is 1.80. The van der Waals surface area contributed by atoms with E-state index in [-0.39, 0.29) is 12.1 Å². The molecule has 0 spiro atoms. The lowest BCUT2D eigenvalue weighted by Crippen LogP contribution is -2.28. The van der Waals surface area contributed by atoms with Gasteiger partial charge in [-0.05, 0) is 25.5 Å². The molecule has 8 nitrogen and oxygen atoms in total. The maximum atomic E-state index is 11.5. The molecule has 1 atom stereocenters. The molecule has 8 heteroatoms. The van der Waals surface area contributed by atoms with E-state index in [0.717, 1.165) is 30.8 Å². The van der Waals surface area contributed by atoms with Crippen molar-refractivity contribution in [3.05, 3.63) is 12.1 Å². The number of imidazole rings is 1. The molecule has 0 aliphatic carbocycles. The first kappa shape index (κ1) is 13.6. The van der Waals surface area contributed by atoms with E-state index in [2.05, 4.69) is 30.5 Å². The van der Waals surface area contributed by atoms with E-state index >= 15 is 0 Å². The molecule has 1 fully saturated rings. The molecule has 5 N–H and O–H groups in total. The monoisotopic (exact) mass is 289 g/mol. The Hall–Kier alpha value is -2.35. The predicted octanol–water partition coefficient (Wildman–Crippen LogP) is 0.637. The first-order valence-corrected chi connectivity index (χ1v) is 7.08. The number of amides is 2. The molecule has 1 aliphatic heterocycles. The van der Waals surface area contributed by atoms with Crippen LogP contribution < -0.4 is 21.3 Å². The number of H-pyrrole nitrogens is 1. The summed E-state index contributed by atoms with van der Waals surface area (Å²) in [6.07, 6.45) is 0.976. The molecule has 21 heavy (non-hydrogen) atoms. The number of carbonyl (C=O) groups is 1. The van der Waals surface area contributed by atoms with Gasteiger partial charge in [-0.15, -0.1) is 0 Å². The third kappa shape index (κ3) is 2.89. The van der Waals surface area contributed by atoms with Gasteiger partial charge in [-0.3, -0.25) is 5.32 Å². The highest BCUT2D eigenvalue weighted by atomic mass is 16.2. The number of aromatic amines is 1. The van der Waals surface area contributed by atoms with Crippen molar-refractivity contribution in [1.29, 1.82) is 0 Å². The van der Waals surface area contributed by atoms with Gasteiger partial charge in [-0.25, -0.2) is 9.78 Å². The van der Waals surface area contributed by atoms with Crippen LogP contribution in [0.25, 0.3) is 11.2 Å². The smallest absolute Gasteiger partial charge is 0.321 e. The van der Waals surface area contributed by atoms with Crippen molar-refractivity contribution >= 4 is 29.0 Å². The highest BCUT2D eigenvalue weighted by molar-refractivity contribution is 5.89. The number of pyridine rings is 1. The second-order valence-electron chi connectivity index (χ2n) is 5.11. The summed E-state index contributed by atoms with van der Waals surface area (Å²) < 4.78 is 0. The average Bonchev–Trinajstić information content (AvgIpc) is 3.03. The lowest BCUT2D eigenvalue weighted by Gasteiger charge is -2.16. The molecule has 0 bridgehead atoms.